The molecular weight excluding hydrogens is 318 g/mol. The average molecular weight is 332 g/mol. The van der Waals surface area contributed by atoms with Crippen molar-refractivity contribution in [3.8, 4) is 6.07 Å². The van der Waals surface area contributed by atoms with Gasteiger partial charge in [0.2, 0.25) is 0 Å². The smallest absolute Gasteiger partial charge is 0.138 e. The normalized spacial score (nSPS) is 9.90. The third-order valence-electron chi connectivity index (χ3n) is 2.78. The van der Waals surface area contributed by atoms with Crippen molar-refractivity contribution in [2.45, 2.75) is 13.8 Å². The van der Waals surface area contributed by atoms with Crippen molar-refractivity contribution < 1.29 is 0 Å². The van der Waals surface area contributed by atoms with E-state index < -0.39 is 0 Å². The van der Waals surface area contributed by atoms with Crippen LogP contribution in [0.3, 0.4) is 0 Å². The lowest BCUT2D eigenvalue weighted by molar-refractivity contribution is 1.08. The van der Waals surface area contributed by atoms with Crippen molar-refractivity contribution in [2.75, 3.05) is 17.2 Å². The van der Waals surface area contributed by atoms with E-state index in [0.29, 0.717) is 17.1 Å². The summed E-state index contributed by atoms with van der Waals surface area (Å²) in [4.78, 5) is 8.43. The second-order valence-electron chi connectivity index (χ2n) is 4.15. The van der Waals surface area contributed by atoms with Gasteiger partial charge in [-0.2, -0.15) is 5.26 Å². The van der Waals surface area contributed by atoms with Gasteiger partial charge in [0, 0.05) is 16.6 Å². The van der Waals surface area contributed by atoms with E-state index in [9.17, 15) is 0 Å². The average Bonchev–Trinajstić information content (AvgIpc) is 2.44. The van der Waals surface area contributed by atoms with E-state index in [1.165, 1.54) is 6.33 Å². The minimum absolute atomic E-state index is 0.566. The highest BCUT2D eigenvalue weighted by Gasteiger charge is 2.09. The zero-order valence-electron chi connectivity index (χ0n) is 11.2. The first kappa shape index (κ1) is 14.3. The van der Waals surface area contributed by atoms with E-state index in [-0.39, 0.29) is 0 Å². The quantitative estimate of drug-likeness (QED) is 0.895. The summed E-state index contributed by atoms with van der Waals surface area (Å²) in [6.45, 7) is 4.73. The van der Waals surface area contributed by atoms with Crippen LogP contribution in [0.15, 0.2) is 29.0 Å². The molecule has 0 radical (unpaired) electrons. The van der Waals surface area contributed by atoms with Gasteiger partial charge in [0.25, 0.3) is 0 Å². The number of hydrogen-bond acceptors (Lipinski definition) is 5. The largest absolute Gasteiger partial charge is 0.370 e. The molecule has 2 rings (SSSR count). The third-order valence-corrected chi connectivity index (χ3v) is 3.28. The molecule has 0 saturated carbocycles. The number of halogens is 1. The summed E-state index contributed by atoms with van der Waals surface area (Å²) >= 11 is 3.40. The van der Waals surface area contributed by atoms with Crippen LogP contribution in [-0.2, 0) is 0 Å². The van der Waals surface area contributed by atoms with Gasteiger partial charge >= 0.3 is 0 Å². The van der Waals surface area contributed by atoms with Gasteiger partial charge in [0.05, 0.1) is 11.3 Å². The third kappa shape index (κ3) is 3.06. The standard InChI is InChI=1S/C14H14BrN5/c1-3-17-13-9(2)14(19-8-18-13)20-12-6-11(15)5-4-10(12)7-16/h4-6,8H,3H2,1-2H3,(H2,17,18,19,20). The number of nitrogens with one attached hydrogen (secondary N) is 2. The monoisotopic (exact) mass is 331 g/mol. The van der Waals surface area contributed by atoms with Crippen molar-refractivity contribution in [1.29, 1.82) is 5.26 Å². The Labute approximate surface area is 126 Å². The Morgan fingerprint density at radius 1 is 1.30 bits per heavy atom. The lowest BCUT2D eigenvalue weighted by atomic mass is 10.2. The first-order valence-electron chi connectivity index (χ1n) is 6.17. The Morgan fingerprint density at radius 2 is 2.05 bits per heavy atom. The lowest BCUT2D eigenvalue weighted by Crippen LogP contribution is -2.06. The molecule has 5 nitrogen and oxygen atoms in total. The topological polar surface area (TPSA) is 73.6 Å². The molecule has 0 bridgehead atoms. The molecule has 2 N–H and O–H groups in total. The highest BCUT2D eigenvalue weighted by molar-refractivity contribution is 9.10. The number of rotatable bonds is 4. The van der Waals surface area contributed by atoms with Crippen LogP contribution in [0.2, 0.25) is 0 Å². The Morgan fingerprint density at radius 3 is 2.75 bits per heavy atom. The second-order valence-corrected chi connectivity index (χ2v) is 5.07. The van der Waals surface area contributed by atoms with Crippen LogP contribution in [0, 0.1) is 18.3 Å². The molecule has 6 heteroatoms. The lowest BCUT2D eigenvalue weighted by Gasteiger charge is -2.13. The molecule has 0 aliphatic rings. The fourth-order valence-corrected chi connectivity index (χ4v) is 2.13. The number of aromatic nitrogens is 2. The molecule has 1 aromatic carbocycles. The minimum Gasteiger partial charge on any atom is -0.370 e. The summed E-state index contributed by atoms with van der Waals surface area (Å²) in [5.74, 6) is 1.48. The predicted octanol–water partition coefficient (Wildman–Crippen LogP) is 3.59. The van der Waals surface area contributed by atoms with Gasteiger partial charge in [-0.15, -0.1) is 0 Å². The van der Waals surface area contributed by atoms with Gasteiger partial charge in [0.1, 0.15) is 24.0 Å². The molecule has 0 aliphatic carbocycles. The van der Waals surface area contributed by atoms with Crippen molar-refractivity contribution in [1.82, 2.24) is 9.97 Å². The van der Waals surface area contributed by atoms with E-state index in [1.807, 2.05) is 26.0 Å². The maximum atomic E-state index is 9.15. The van der Waals surface area contributed by atoms with E-state index in [4.69, 9.17) is 5.26 Å². The molecule has 2 aromatic rings. The zero-order chi connectivity index (χ0) is 14.5. The summed E-state index contributed by atoms with van der Waals surface area (Å²) in [6.07, 6.45) is 1.50. The molecule has 1 heterocycles. The van der Waals surface area contributed by atoms with Crippen LogP contribution < -0.4 is 10.6 Å². The van der Waals surface area contributed by atoms with Crippen LogP contribution in [0.25, 0.3) is 0 Å². The first-order chi connectivity index (χ1) is 9.65. The Hall–Kier alpha value is -2.13. The van der Waals surface area contributed by atoms with Crippen LogP contribution in [0.1, 0.15) is 18.1 Å². The molecule has 0 aliphatic heterocycles. The summed E-state index contributed by atoms with van der Waals surface area (Å²) in [7, 11) is 0. The highest BCUT2D eigenvalue weighted by atomic mass is 79.9. The van der Waals surface area contributed by atoms with Crippen LogP contribution in [0.4, 0.5) is 17.3 Å². The molecule has 0 atom stereocenters. The Bertz CT molecular complexity index is 663. The van der Waals surface area contributed by atoms with E-state index in [1.54, 1.807) is 6.07 Å². The van der Waals surface area contributed by atoms with Crippen LogP contribution in [0.5, 0.6) is 0 Å². The summed E-state index contributed by atoms with van der Waals surface area (Å²) < 4.78 is 0.901. The van der Waals surface area contributed by atoms with Gasteiger partial charge < -0.3 is 10.6 Å². The Balaban J connectivity index is 2.38. The SMILES string of the molecule is CCNc1ncnc(Nc2cc(Br)ccc2C#N)c1C. The maximum Gasteiger partial charge on any atom is 0.138 e. The van der Waals surface area contributed by atoms with E-state index >= 15 is 0 Å². The van der Waals surface area contributed by atoms with E-state index in [2.05, 4.69) is 42.6 Å². The first-order valence-corrected chi connectivity index (χ1v) is 6.97. The van der Waals surface area contributed by atoms with Gasteiger partial charge in [-0.05, 0) is 32.0 Å². The highest BCUT2D eigenvalue weighted by Crippen LogP contribution is 2.26. The summed E-state index contributed by atoms with van der Waals surface area (Å²) in [5, 5.41) is 15.5. The number of hydrogen-bond donors (Lipinski definition) is 2. The zero-order valence-corrected chi connectivity index (χ0v) is 12.8. The van der Waals surface area contributed by atoms with E-state index in [0.717, 1.165) is 22.4 Å². The van der Waals surface area contributed by atoms with Gasteiger partial charge in [-0.3, -0.25) is 0 Å². The molecule has 1 aromatic heterocycles. The molecule has 0 fully saturated rings. The van der Waals surface area contributed by atoms with Crippen molar-refractivity contribution in [2.24, 2.45) is 0 Å². The van der Waals surface area contributed by atoms with Crippen molar-refractivity contribution in [3.63, 3.8) is 0 Å². The second kappa shape index (κ2) is 6.35. The fourth-order valence-electron chi connectivity index (χ4n) is 1.77. The summed E-state index contributed by atoms with van der Waals surface area (Å²) in [6, 6.07) is 7.61. The predicted molar refractivity (Wildman–Crippen MR) is 83.1 cm³/mol. The van der Waals surface area contributed by atoms with Gasteiger partial charge in [0.15, 0.2) is 0 Å². The van der Waals surface area contributed by atoms with Gasteiger partial charge in [-0.1, -0.05) is 15.9 Å². The molecule has 0 spiro atoms. The molecule has 0 amide bonds. The number of nitrogens with zero attached hydrogens (tertiary/aromatic N) is 3. The van der Waals surface area contributed by atoms with Crippen LogP contribution in [-0.4, -0.2) is 16.5 Å². The molecular formula is C14H14BrN5. The number of benzene rings is 1. The van der Waals surface area contributed by atoms with Crippen molar-refractivity contribution >= 4 is 33.3 Å². The molecule has 20 heavy (non-hydrogen) atoms. The molecule has 0 saturated heterocycles. The molecule has 0 unspecified atom stereocenters. The van der Waals surface area contributed by atoms with Gasteiger partial charge in [-0.25, -0.2) is 9.97 Å². The molecule has 102 valence electrons. The fraction of sp³-hybridized carbons (Fsp3) is 0.214. The van der Waals surface area contributed by atoms with Crippen molar-refractivity contribution in [3.05, 3.63) is 40.1 Å². The summed E-state index contributed by atoms with van der Waals surface area (Å²) in [5.41, 5.74) is 2.19. The number of anilines is 3. The van der Waals surface area contributed by atoms with Crippen LogP contribution >= 0.6 is 15.9 Å². The maximum absolute atomic E-state index is 9.15. The Kier molecular flexibility index (Phi) is 4.53. The minimum atomic E-state index is 0.566. The number of nitriles is 1.